The Morgan fingerprint density at radius 1 is 0.431 bits per heavy atom. The monoisotopic (exact) mass is 717 g/mol. The lowest BCUT2D eigenvalue weighted by atomic mass is 10.1. The summed E-state index contributed by atoms with van der Waals surface area (Å²) < 4.78 is 0. The number of allylic oxidation sites excluding steroid dienone is 8. The van der Waals surface area contributed by atoms with Crippen molar-refractivity contribution in [3.8, 4) is 0 Å². The van der Waals surface area contributed by atoms with Crippen molar-refractivity contribution >= 4 is 6.29 Å². The molecular weight excluding hydrogens is 625 g/mol. The molecule has 51 heavy (non-hydrogen) atoms. The van der Waals surface area contributed by atoms with Crippen molar-refractivity contribution in [3.05, 3.63) is 48.6 Å². The molecule has 0 aromatic carbocycles. The van der Waals surface area contributed by atoms with Crippen LogP contribution in [0, 0.1) is 0 Å². The third-order valence-electron chi connectivity index (χ3n) is 8.60. The first-order chi connectivity index (χ1) is 25.0. The highest BCUT2D eigenvalue weighted by Gasteiger charge is 1.93. The van der Waals surface area contributed by atoms with E-state index in [1.165, 1.54) is 154 Å². The van der Waals surface area contributed by atoms with Crippen molar-refractivity contribution in [2.75, 3.05) is 60.9 Å². The van der Waals surface area contributed by atoms with Gasteiger partial charge in [-0.15, -0.1) is 0 Å². The van der Waals surface area contributed by atoms with Gasteiger partial charge in [0, 0.05) is 6.42 Å². The van der Waals surface area contributed by atoms with E-state index < -0.39 is 0 Å². The Morgan fingerprint density at radius 3 is 1.16 bits per heavy atom. The standard InChI is InChI=1S/C23H46N2.C18H32O.C5H14N2/c1-4-5-6-7-8-9-10-11-12-13-14-15-16-17-18-19-21-24-22-20-23-25(2)3;1-2-3-4-5-6-7-8-9-10-11-12-13-14-15-16-17-18-19;1-7(2)5-3-4-6/h8-9,11-12,24H,4-7,10,13-23H2,1-3H3;6-7,9-10,18H,2-5,8,11-17H2,1H3;3-6H2,1-2H3/b9-8-,12-11-;7-6-,10-9-;. The zero-order valence-electron chi connectivity index (χ0n) is 35.5. The summed E-state index contributed by atoms with van der Waals surface area (Å²) in [6, 6.07) is 0. The van der Waals surface area contributed by atoms with E-state index in [0.29, 0.717) is 0 Å². The number of nitrogens with two attached hydrogens (primary N) is 1. The number of rotatable bonds is 36. The molecule has 0 saturated carbocycles. The Kier molecular flexibility index (Phi) is 55.7. The van der Waals surface area contributed by atoms with E-state index >= 15 is 0 Å². The fraction of sp³-hybridized carbons (Fsp3) is 0.804. The molecule has 5 nitrogen and oxygen atoms in total. The summed E-state index contributed by atoms with van der Waals surface area (Å²) in [6.45, 7) is 9.97. The van der Waals surface area contributed by atoms with Gasteiger partial charge in [-0.1, -0.05) is 133 Å². The highest BCUT2D eigenvalue weighted by molar-refractivity contribution is 5.48. The zero-order chi connectivity index (χ0) is 38.1. The lowest BCUT2D eigenvalue weighted by molar-refractivity contribution is -0.107. The smallest absolute Gasteiger partial charge is 0.119 e. The third-order valence-corrected chi connectivity index (χ3v) is 8.60. The first-order valence-corrected chi connectivity index (χ1v) is 21.7. The van der Waals surface area contributed by atoms with Crippen molar-refractivity contribution < 1.29 is 4.79 Å². The Hall–Kier alpha value is -1.53. The lowest BCUT2D eigenvalue weighted by Gasteiger charge is -2.09. The minimum atomic E-state index is 0.741. The molecule has 302 valence electrons. The first-order valence-electron chi connectivity index (χ1n) is 21.7. The van der Waals surface area contributed by atoms with Gasteiger partial charge in [-0.05, 0) is 151 Å². The van der Waals surface area contributed by atoms with E-state index in [1.807, 2.05) is 0 Å². The quantitative estimate of drug-likeness (QED) is 0.0384. The molecule has 0 aromatic heterocycles. The van der Waals surface area contributed by atoms with E-state index in [1.54, 1.807) is 0 Å². The van der Waals surface area contributed by atoms with Crippen LogP contribution < -0.4 is 11.1 Å². The first kappa shape index (κ1) is 53.8. The van der Waals surface area contributed by atoms with E-state index in [-0.39, 0.29) is 0 Å². The molecule has 0 rings (SSSR count). The van der Waals surface area contributed by atoms with E-state index in [4.69, 9.17) is 5.73 Å². The highest BCUT2D eigenvalue weighted by atomic mass is 16.1. The SMILES string of the molecule is CCCCC/C=C\C/C=C\CCCCCCCC=O.CCCCC/C=C\C/C=C\CCCCCCCCNCCCN(C)C.CN(C)CCCN. The van der Waals surface area contributed by atoms with E-state index in [9.17, 15) is 4.79 Å². The van der Waals surface area contributed by atoms with Crippen molar-refractivity contribution in [2.24, 2.45) is 5.73 Å². The lowest BCUT2D eigenvalue weighted by Crippen LogP contribution is -2.22. The second kappa shape index (κ2) is 52.8. The summed E-state index contributed by atoms with van der Waals surface area (Å²) >= 11 is 0. The number of unbranched alkanes of at least 4 members (excludes halogenated alkanes) is 18. The molecule has 5 heteroatoms. The number of hydrogen-bond donors (Lipinski definition) is 2. The maximum Gasteiger partial charge on any atom is 0.119 e. The van der Waals surface area contributed by atoms with Gasteiger partial charge in [-0.3, -0.25) is 0 Å². The van der Waals surface area contributed by atoms with Crippen LogP contribution in [0.4, 0.5) is 0 Å². The summed E-state index contributed by atoms with van der Waals surface area (Å²) in [4.78, 5) is 14.5. The fourth-order valence-corrected chi connectivity index (χ4v) is 5.33. The van der Waals surface area contributed by atoms with Crippen LogP contribution in [0.2, 0.25) is 0 Å². The molecule has 0 unspecified atom stereocenters. The van der Waals surface area contributed by atoms with Crippen molar-refractivity contribution in [3.63, 3.8) is 0 Å². The maximum absolute atomic E-state index is 10.1. The van der Waals surface area contributed by atoms with Crippen LogP contribution in [-0.4, -0.2) is 77.0 Å². The van der Waals surface area contributed by atoms with Gasteiger partial charge in [-0.2, -0.15) is 0 Å². The molecule has 3 N–H and O–H groups in total. The van der Waals surface area contributed by atoms with E-state index in [2.05, 4.69) is 106 Å². The van der Waals surface area contributed by atoms with Crippen LogP contribution in [0.5, 0.6) is 0 Å². The maximum atomic E-state index is 10.1. The summed E-state index contributed by atoms with van der Waals surface area (Å²) in [5.41, 5.74) is 5.25. The van der Waals surface area contributed by atoms with Crippen LogP contribution in [0.3, 0.4) is 0 Å². The highest BCUT2D eigenvalue weighted by Crippen LogP contribution is 2.09. The molecule has 0 saturated heterocycles. The average Bonchev–Trinajstić information content (AvgIpc) is 3.12. The van der Waals surface area contributed by atoms with Crippen LogP contribution in [0.1, 0.15) is 181 Å². The number of nitrogens with zero attached hydrogens (tertiary/aromatic N) is 2. The summed E-state index contributed by atoms with van der Waals surface area (Å²) in [7, 11) is 8.39. The van der Waals surface area contributed by atoms with Crippen molar-refractivity contribution in [1.82, 2.24) is 15.1 Å². The molecule has 0 amide bonds. The summed E-state index contributed by atoms with van der Waals surface area (Å²) in [6.07, 6.45) is 52.3. The molecule has 0 bridgehead atoms. The Morgan fingerprint density at radius 2 is 0.784 bits per heavy atom. The molecule has 0 fully saturated rings. The zero-order valence-corrected chi connectivity index (χ0v) is 35.5. The summed E-state index contributed by atoms with van der Waals surface area (Å²) in [5, 5.41) is 3.55. The predicted octanol–water partition coefficient (Wildman–Crippen LogP) is 12.2. The molecule has 0 heterocycles. The van der Waals surface area contributed by atoms with Gasteiger partial charge in [0.25, 0.3) is 0 Å². The molecule has 0 atom stereocenters. The number of aldehydes is 1. The van der Waals surface area contributed by atoms with E-state index in [0.717, 1.165) is 51.5 Å². The van der Waals surface area contributed by atoms with Gasteiger partial charge < -0.3 is 25.6 Å². The Balaban J connectivity index is -0.000000779. The Labute approximate surface area is 321 Å². The molecular formula is C46H92N4O. The van der Waals surface area contributed by atoms with Crippen LogP contribution in [0.25, 0.3) is 0 Å². The van der Waals surface area contributed by atoms with Crippen molar-refractivity contribution in [2.45, 2.75) is 181 Å². The van der Waals surface area contributed by atoms with Gasteiger partial charge in [0.05, 0.1) is 0 Å². The van der Waals surface area contributed by atoms with Gasteiger partial charge in [0.2, 0.25) is 0 Å². The molecule has 0 aromatic rings. The molecule has 0 aliphatic rings. The molecule has 0 aliphatic carbocycles. The number of carbonyl (C=O) groups excluding carboxylic acids is 1. The average molecular weight is 717 g/mol. The second-order valence-electron chi connectivity index (χ2n) is 14.6. The van der Waals surface area contributed by atoms with Crippen LogP contribution in [0.15, 0.2) is 48.6 Å². The minimum Gasteiger partial charge on any atom is -0.330 e. The van der Waals surface area contributed by atoms with Gasteiger partial charge in [0.1, 0.15) is 6.29 Å². The van der Waals surface area contributed by atoms with Crippen molar-refractivity contribution in [1.29, 1.82) is 0 Å². The molecule has 0 radical (unpaired) electrons. The summed E-state index contributed by atoms with van der Waals surface area (Å²) in [5.74, 6) is 0. The van der Waals surface area contributed by atoms with Gasteiger partial charge >= 0.3 is 0 Å². The second-order valence-corrected chi connectivity index (χ2v) is 14.6. The largest absolute Gasteiger partial charge is 0.330 e. The number of nitrogens with one attached hydrogen (secondary N) is 1. The minimum absolute atomic E-state index is 0.741. The third kappa shape index (κ3) is 63.9. The normalized spacial score (nSPS) is 11.7. The topological polar surface area (TPSA) is 61.6 Å². The molecule has 0 spiro atoms. The van der Waals surface area contributed by atoms with Gasteiger partial charge in [-0.25, -0.2) is 0 Å². The Bertz CT molecular complexity index is 729. The molecule has 0 aliphatic heterocycles. The van der Waals surface area contributed by atoms with Gasteiger partial charge in [0.15, 0.2) is 0 Å². The predicted molar refractivity (Wildman–Crippen MR) is 233 cm³/mol. The number of hydrogen-bond acceptors (Lipinski definition) is 5. The fourth-order valence-electron chi connectivity index (χ4n) is 5.33. The van der Waals surface area contributed by atoms with Crippen LogP contribution in [-0.2, 0) is 4.79 Å². The van der Waals surface area contributed by atoms with Crippen LogP contribution >= 0.6 is 0 Å². The number of carbonyl (C=O) groups is 1.